The summed E-state index contributed by atoms with van der Waals surface area (Å²) in [5.41, 5.74) is 8.01. The number of hydrogen-bond donors (Lipinski definition) is 1. The molecular weight excluding hydrogens is 316 g/mol. The molecule has 0 saturated carbocycles. The number of amides is 1. The van der Waals surface area contributed by atoms with Crippen LogP contribution in [0.4, 0.5) is 5.95 Å². The molecule has 3 rings (SSSR count). The van der Waals surface area contributed by atoms with Gasteiger partial charge >= 0.3 is 0 Å². The lowest BCUT2D eigenvalue weighted by Gasteiger charge is -2.18. The van der Waals surface area contributed by atoms with Crippen molar-refractivity contribution in [3.63, 3.8) is 0 Å². The van der Waals surface area contributed by atoms with Crippen molar-refractivity contribution >= 4 is 11.9 Å². The molecule has 25 heavy (non-hydrogen) atoms. The minimum atomic E-state index is 0.0347. The van der Waals surface area contributed by atoms with E-state index in [1.165, 1.54) is 0 Å². The number of hydrogen-bond acceptors (Lipinski definition) is 5. The van der Waals surface area contributed by atoms with Crippen LogP contribution < -0.4 is 5.73 Å². The number of ether oxygens (including phenoxy) is 1. The number of rotatable bonds is 6. The maximum absolute atomic E-state index is 12.5. The van der Waals surface area contributed by atoms with E-state index in [0.717, 1.165) is 50.0 Å². The van der Waals surface area contributed by atoms with Gasteiger partial charge in [0.25, 0.3) is 5.91 Å². The van der Waals surface area contributed by atoms with E-state index in [0.29, 0.717) is 11.7 Å². The molecule has 0 radical (unpaired) electrons. The summed E-state index contributed by atoms with van der Waals surface area (Å²) in [6.07, 6.45) is 8.03. The van der Waals surface area contributed by atoms with Crippen LogP contribution in [0.1, 0.15) is 36.0 Å². The molecule has 1 aliphatic heterocycles. The van der Waals surface area contributed by atoms with E-state index in [4.69, 9.17) is 10.5 Å². The zero-order valence-electron chi connectivity index (χ0n) is 14.5. The van der Waals surface area contributed by atoms with Gasteiger partial charge in [-0.1, -0.05) is 12.1 Å². The Hall–Kier alpha value is -2.47. The number of nitrogens with two attached hydrogens (primary N) is 1. The molecule has 1 saturated heterocycles. The zero-order valence-corrected chi connectivity index (χ0v) is 14.5. The van der Waals surface area contributed by atoms with Crippen molar-refractivity contribution in [1.29, 1.82) is 0 Å². The lowest BCUT2D eigenvalue weighted by atomic mass is 10.1. The fourth-order valence-electron chi connectivity index (χ4n) is 3.04. The number of nitrogens with zero attached hydrogens (tertiary/aromatic N) is 3. The maximum Gasteiger partial charge on any atom is 0.253 e. The highest BCUT2D eigenvalue weighted by atomic mass is 16.5. The van der Waals surface area contributed by atoms with Gasteiger partial charge in [-0.3, -0.25) is 4.79 Å². The Balaban J connectivity index is 1.55. The third-order valence-electron chi connectivity index (χ3n) is 4.53. The van der Waals surface area contributed by atoms with Gasteiger partial charge in [-0.15, -0.1) is 0 Å². The standard InChI is InChI=1S/C19H24N4O2/c1-23(10-2-4-17-5-3-11-25-17)18(24)15-8-6-14(7-9-15)16-12-21-19(20)22-13-16/h6-9,12-13,17H,2-5,10-11H2,1H3,(H2,20,21,22)/t17-/m1/s1. The lowest BCUT2D eigenvalue weighted by Crippen LogP contribution is -2.28. The van der Waals surface area contributed by atoms with E-state index in [1.54, 1.807) is 17.3 Å². The van der Waals surface area contributed by atoms with Crippen molar-refractivity contribution in [3.8, 4) is 11.1 Å². The molecule has 1 fully saturated rings. The smallest absolute Gasteiger partial charge is 0.253 e. The number of carbonyl (C=O) groups is 1. The van der Waals surface area contributed by atoms with E-state index in [2.05, 4.69) is 9.97 Å². The molecule has 2 aromatic rings. The average molecular weight is 340 g/mol. The molecule has 0 bridgehead atoms. The Morgan fingerprint density at radius 2 is 1.96 bits per heavy atom. The summed E-state index contributed by atoms with van der Waals surface area (Å²) >= 11 is 0. The molecule has 1 aromatic heterocycles. The summed E-state index contributed by atoms with van der Waals surface area (Å²) in [7, 11) is 1.85. The average Bonchev–Trinajstić information content (AvgIpc) is 3.15. The van der Waals surface area contributed by atoms with E-state index >= 15 is 0 Å². The van der Waals surface area contributed by atoms with Crippen LogP contribution in [0.2, 0.25) is 0 Å². The first-order valence-electron chi connectivity index (χ1n) is 8.68. The molecular formula is C19H24N4O2. The number of anilines is 1. The van der Waals surface area contributed by atoms with Gasteiger partial charge in [0.15, 0.2) is 0 Å². The summed E-state index contributed by atoms with van der Waals surface area (Å²) in [6.45, 7) is 1.62. The lowest BCUT2D eigenvalue weighted by molar-refractivity contribution is 0.0763. The highest BCUT2D eigenvalue weighted by molar-refractivity contribution is 5.94. The Morgan fingerprint density at radius 1 is 1.24 bits per heavy atom. The van der Waals surface area contributed by atoms with Gasteiger partial charge in [0, 0.05) is 43.7 Å². The quantitative estimate of drug-likeness (QED) is 0.874. The number of aromatic nitrogens is 2. The largest absolute Gasteiger partial charge is 0.378 e. The Labute approximate surface area is 148 Å². The fourth-order valence-corrected chi connectivity index (χ4v) is 3.04. The third-order valence-corrected chi connectivity index (χ3v) is 4.53. The summed E-state index contributed by atoms with van der Waals surface area (Å²) in [4.78, 5) is 22.3. The van der Waals surface area contributed by atoms with Gasteiger partial charge < -0.3 is 15.4 Å². The van der Waals surface area contributed by atoms with Crippen LogP contribution in [-0.2, 0) is 4.74 Å². The van der Waals surface area contributed by atoms with Crippen LogP contribution in [0.15, 0.2) is 36.7 Å². The second-order valence-electron chi connectivity index (χ2n) is 6.41. The van der Waals surface area contributed by atoms with Crippen molar-refractivity contribution in [3.05, 3.63) is 42.2 Å². The van der Waals surface area contributed by atoms with E-state index in [-0.39, 0.29) is 11.9 Å². The molecule has 6 nitrogen and oxygen atoms in total. The van der Waals surface area contributed by atoms with Crippen molar-refractivity contribution < 1.29 is 9.53 Å². The van der Waals surface area contributed by atoms with Gasteiger partial charge in [0.2, 0.25) is 5.95 Å². The Morgan fingerprint density at radius 3 is 2.60 bits per heavy atom. The van der Waals surface area contributed by atoms with Gasteiger partial charge in [-0.2, -0.15) is 0 Å². The molecule has 132 valence electrons. The van der Waals surface area contributed by atoms with Crippen LogP contribution >= 0.6 is 0 Å². The molecule has 1 atom stereocenters. The second kappa shape index (κ2) is 8.07. The van der Waals surface area contributed by atoms with Crippen molar-refractivity contribution in [2.24, 2.45) is 0 Å². The van der Waals surface area contributed by atoms with Crippen molar-refractivity contribution in [2.45, 2.75) is 31.8 Å². The molecule has 2 N–H and O–H groups in total. The van der Waals surface area contributed by atoms with Crippen molar-refractivity contribution in [2.75, 3.05) is 25.9 Å². The van der Waals surface area contributed by atoms with Crippen LogP contribution in [0.5, 0.6) is 0 Å². The second-order valence-corrected chi connectivity index (χ2v) is 6.41. The number of nitrogen functional groups attached to an aromatic ring is 1. The molecule has 1 aromatic carbocycles. The summed E-state index contributed by atoms with van der Waals surface area (Å²) in [5.74, 6) is 0.285. The predicted molar refractivity (Wildman–Crippen MR) is 97.0 cm³/mol. The highest BCUT2D eigenvalue weighted by Gasteiger charge is 2.16. The van der Waals surface area contributed by atoms with Gasteiger partial charge in [0.1, 0.15) is 0 Å². The van der Waals surface area contributed by atoms with Gasteiger partial charge in [-0.25, -0.2) is 9.97 Å². The minimum Gasteiger partial charge on any atom is -0.378 e. The van der Waals surface area contributed by atoms with Crippen LogP contribution in [-0.4, -0.2) is 47.1 Å². The van der Waals surface area contributed by atoms with E-state index in [1.807, 2.05) is 31.3 Å². The van der Waals surface area contributed by atoms with Gasteiger partial charge in [-0.05, 0) is 43.4 Å². The monoisotopic (exact) mass is 340 g/mol. The normalized spacial score (nSPS) is 16.8. The van der Waals surface area contributed by atoms with Crippen LogP contribution in [0.25, 0.3) is 11.1 Å². The molecule has 0 aliphatic carbocycles. The van der Waals surface area contributed by atoms with Crippen LogP contribution in [0, 0.1) is 0 Å². The van der Waals surface area contributed by atoms with Crippen LogP contribution in [0.3, 0.4) is 0 Å². The fraction of sp³-hybridized carbons (Fsp3) is 0.421. The van der Waals surface area contributed by atoms with E-state index < -0.39 is 0 Å². The summed E-state index contributed by atoms with van der Waals surface area (Å²) in [5, 5.41) is 0. The third kappa shape index (κ3) is 4.54. The molecule has 0 spiro atoms. The molecule has 1 amide bonds. The minimum absolute atomic E-state index is 0.0347. The summed E-state index contributed by atoms with van der Waals surface area (Å²) in [6, 6.07) is 7.49. The summed E-state index contributed by atoms with van der Waals surface area (Å²) < 4.78 is 5.62. The Bertz CT molecular complexity index is 694. The highest BCUT2D eigenvalue weighted by Crippen LogP contribution is 2.20. The first-order valence-corrected chi connectivity index (χ1v) is 8.68. The number of benzene rings is 1. The van der Waals surface area contributed by atoms with Crippen molar-refractivity contribution in [1.82, 2.24) is 14.9 Å². The number of carbonyl (C=O) groups excluding carboxylic acids is 1. The first-order chi connectivity index (χ1) is 12.1. The predicted octanol–water partition coefficient (Wildman–Crippen LogP) is 2.76. The Kier molecular flexibility index (Phi) is 5.60. The molecule has 1 aliphatic rings. The topological polar surface area (TPSA) is 81.3 Å². The van der Waals surface area contributed by atoms with Gasteiger partial charge in [0.05, 0.1) is 6.10 Å². The molecule has 6 heteroatoms. The first kappa shape index (κ1) is 17.4. The molecule has 2 heterocycles. The van der Waals surface area contributed by atoms with E-state index in [9.17, 15) is 4.79 Å². The molecule has 0 unspecified atom stereocenters. The maximum atomic E-state index is 12.5. The zero-order chi connectivity index (χ0) is 17.6. The SMILES string of the molecule is CN(CCC[C@@H]1CCCO1)C(=O)c1ccc(-c2cnc(N)nc2)cc1.